The van der Waals surface area contributed by atoms with Crippen molar-refractivity contribution < 1.29 is 19.4 Å². The van der Waals surface area contributed by atoms with Gasteiger partial charge in [0.15, 0.2) is 0 Å². The van der Waals surface area contributed by atoms with Crippen molar-refractivity contribution in [3.63, 3.8) is 0 Å². The highest BCUT2D eigenvalue weighted by atomic mass is 16.5. The Morgan fingerprint density at radius 3 is 2.26 bits per heavy atom. The molecule has 3 aromatic rings. The van der Waals surface area contributed by atoms with Crippen LogP contribution in [0.1, 0.15) is 49.1 Å². The van der Waals surface area contributed by atoms with E-state index >= 15 is 0 Å². The van der Waals surface area contributed by atoms with Gasteiger partial charge >= 0.3 is 5.97 Å². The summed E-state index contributed by atoms with van der Waals surface area (Å²) in [5.41, 5.74) is 6.59. The van der Waals surface area contributed by atoms with E-state index in [1.165, 1.54) is 43.7 Å². The van der Waals surface area contributed by atoms with E-state index in [1.54, 1.807) is 0 Å². The van der Waals surface area contributed by atoms with Gasteiger partial charge in [-0.05, 0) is 70.3 Å². The molecule has 0 radical (unpaired) electrons. The molecule has 0 bridgehead atoms. The van der Waals surface area contributed by atoms with Gasteiger partial charge in [0, 0.05) is 6.08 Å². The van der Waals surface area contributed by atoms with Gasteiger partial charge in [-0.15, -0.1) is 0 Å². The van der Waals surface area contributed by atoms with E-state index < -0.39 is 5.97 Å². The van der Waals surface area contributed by atoms with Crippen molar-refractivity contribution in [3.05, 3.63) is 90.5 Å². The molecule has 0 aromatic heterocycles. The number of esters is 1. The number of hydrogen-bond acceptors (Lipinski definition) is 4. The molecule has 0 amide bonds. The molecule has 34 heavy (non-hydrogen) atoms. The number of hydrogen-bond donors (Lipinski definition) is 1. The number of aliphatic hydroxyl groups is 1. The van der Waals surface area contributed by atoms with Crippen LogP contribution in [0.3, 0.4) is 0 Å². The van der Waals surface area contributed by atoms with Gasteiger partial charge in [0.2, 0.25) is 0 Å². The summed E-state index contributed by atoms with van der Waals surface area (Å²) in [6.07, 6.45) is 7.77. The van der Waals surface area contributed by atoms with Gasteiger partial charge in [0.1, 0.15) is 19.0 Å². The van der Waals surface area contributed by atoms with Crippen molar-refractivity contribution in [2.24, 2.45) is 0 Å². The van der Waals surface area contributed by atoms with Crippen molar-refractivity contribution in [2.75, 3.05) is 13.2 Å². The van der Waals surface area contributed by atoms with Crippen molar-refractivity contribution in [3.8, 4) is 28.0 Å². The molecule has 3 aromatic carbocycles. The zero-order valence-corrected chi connectivity index (χ0v) is 19.5. The fourth-order valence-corrected chi connectivity index (χ4v) is 4.66. The predicted octanol–water partition coefficient (Wildman–Crippen LogP) is 6.67. The summed E-state index contributed by atoms with van der Waals surface area (Å²) < 4.78 is 10.9. The molecule has 1 aliphatic rings. The minimum absolute atomic E-state index is 0.0241. The maximum Gasteiger partial charge on any atom is 0.330 e. The van der Waals surface area contributed by atoms with Crippen LogP contribution >= 0.6 is 0 Å². The SMILES string of the molecule is C=CC(=O)OCc1cc(-c2ccc(C3CCCCC3)cc2)ccc1-c1ccc(OCCO)cc1. The fourth-order valence-electron chi connectivity index (χ4n) is 4.66. The van der Waals surface area contributed by atoms with Gasteiger partial charge in [0.05, 0.1) is 6.61 Å². The van der Waals surface area contributed by atoms with E-state index in [4.69, 9.17) is 14.6 Å². The van der Waals surface area contributed by atoms with Crippen molar-refractivity contribution in [1.82, 2.24) is 0 Å². The predicted molar refractivity (Wildman–Crippen MR) is 136 cm³/mol. The molecule has 0 spiro atoms. The highest BCUT2D eigenvalue weighted by Gasteiger charge is 2.16. The van der Waals surface area contributed by atoms with E-state index in [0.29, 0.717) is 11.7 Å². The third-order valence-electron chi connectivity index (χ3n) is 6.49. The normalized spacial score (nSPS) is 13.9. The van der Waals surface area contributed by atoms with E-state index in [0.717, 1.165) is 27.8 Å². The molecule has 1 N–H and O–H groups in total. The Balaban J connectivity index is 1.60. The number of benzene rings is 3. The van der Waals surface area contributed by atoms with Crippen LogP contribution in [-0.4, -0.2) is 24.3 Å². The average Bonchev–Trinajstić information content (AvgIpc) is 2.91. The summed E-state index contributed by atoms with van der Waals surface area (Å²) in [5, 5.41) is 8.95. The first kappa shape index (κ1) is 23.8. The Labute approximate surface area is 201 Å². The zero-order valence-electron chi connectivity index (χ0n) is 19.5. The van der Waals surface area contributed by atoms with Crippen LogP contribution in [0, 0.1) is 0 Å². The van der Waals surface area contributed by atoms with Gasteiger partial charge in [-0.3, -0.25) is 0 Å². The zero-order chi connectivity index (χ0) is 23.8. The van der Waals surface area contributed by atoms with Gasteiger partial charge in [0.25, 0.3) is 0 Å². The quantitative estimate of drug-likeness (QED) is 0.289. The van der Waals surface area contributed by atoms with Gasteiger partial charge in [-0.2, -0.15) is 0 Å². The molecule has 0 heterocycles. The number of aliphatic hydroxyl groups excluding tert-OH is 1. The van der Waals surface area contributed by atoms with Crippen LogP contribution in [0.4, 0.5) is 0 Å². The topological polar surface area (TPSA) is 55.8 Å². The standard InChI is InChI=1S/C30H32O4/c1-2-30(32)34-21-27-20-26(24-10-8-23(9-11-24)22-6-4-3-5-7-22)14-17-29(27)25-12-15-28(16-13-25)33-19-18-31/h2,8-17,20,22,31H,1,3-7,18-19,21H2. The summed E-state index contributed by atoms with van der Waals surface area (Å²) in [6.45, 7) is 3.89. The highest BCUT2D eigenvalue weighted by molar-refractivity contribution is 5.81. The first-order chi connectivity index (χ1) is 16.7. The first-order valence-corrected chi connectivity index (χ1v) is 12.0. The van der Waals surface area contributed by atoms with E-state index in [2.05, 4.69) is 49.0 Å². The molecule has 4 nitrogen and oxygen atoms in total. The van der Waals surface area contributed by atoms with Crippen LogP contribution in [0.5, 0.6) is 5.75 Å². The lowest BCUT2D eigenvalue weighted by atomic mass is 9.83. The molecule has 4 heteroatoms. The molecule has 0 unspecified atom stereocenters. The fraction of sp³-hybridized carbons (Fsp3) is 0.300. The Morgan fingerprint density at radius 1 is 0.912 bits per heavy atom. The molecular formula is C30H32O4. The maximum atomic E-state index is 11.7. The molecule has 1 aliphatic carbocycles. The Morgan fingerprint density at radius 2 is 1.59 bits per heavy atom. The summed E-state index contributed by atoms with van der Waals surface area (Å²) in [6, 6.07) is 22.9. The third kappa shape index (κ3) is 5.95. The number of carbonyl (C=O) groups excluding carboxylic acids is 1. The molecule has 1 fully saturated rings. The second kappa shape index (κ2) is 11.7. The van der Waals surface area contributed by atoms with Crippen LogP contribution in [0.15, 0.2) is 79.4 Å². The summed E-state index contributed by atoms with van der Waals surface area (Å²) in [5.74, 6) is 0.941. The van der Waals surface area contributed by atoms with Gasteiger partial charge < -0.3 is 14.6 Å². The van der Waals surface area contributed by atoms with Crippen molar-refractivity contribution in [2.45, 2.75) is 44.6 Å². The van der Waals surface area contributed by atoms with E-state index in [1.807, 2.05) is 24.3 Å². The third-order valence-corrected chi connectivity index (χ3v) is 6.49. The van der Waals surface area contributed by atoms with Crippen LogP contribution in [-0.2, 0) is 16.1 Å². The second-order valence-electron chi connectivity index (χ2n) is 8.74. The Bertz CT molecular complexity index is 1090. The van der Waals surface area contributed by atoms with E-state index in [9.17, 15) is 4.79 Å². The Kier molecular flexibility index (Phi) is 8.16. The molecular weight excluding hydrogens is 424 g/mol. The molecule has 4 rings (SSSR count). The molecule has 176 valence electrons. The average molecular weight is 457 g/mol. The lowest BCUT2D eigenvalue weighted by Crippen LogP contribution is -2.04. The number of rotatable bonds is 9. The first-order valence-electron chi connectivity index (χ1n) is 12.0. The maximum absolute atomic E-state index is 11.7. The van der Waals surface area contributed by atoms with E-state index in [-0.39, 0.29) is 19.8 Å². The van der Waals surface area contributed by atoms with Crippen LogP contribution < -0.4 is 4.74 Å². The molecule has 0 atom stereocenters. The highest BCUT2D eigenvalue weighted by Crippen LogP contribution is 2.35. The minimum atomic E-state index is -0.444. The summed E-state index contributed by atoms with van der Waals surface area (Å²) in [7, 11) is 0. The molecule has 0 aliphatic heterocycles. The largest absolute Gasteiger partial charge is 0.491 e. The van der Waals surface area contributed by atoms with Crippen LogP contribution in [0.2, 0.25) is 0 Å². The minimum Gasteiger partial charge on any atom is -0.491 e. The lowest BCUT2D eigenvalue weighted by molar-refractivity contribution is -0.138. The van der Waals surface area contributed by atoms with Gasteiger partial charge in [-0.25, -0.2) is 4.79 Å². The molecule has 0 saturated heterocycles. The second-order valence-corrected chi connectivity index (χ2v) is 8.74. The summed E-state index contributed by atoms with van der Waals surface area (Å²) in [4.78, 5) is 11.7. The monoisotopic (exact) mass is 456 g/mol. The number of ether oxygens (including phenoxy) is 2. The van der Waals surface area contributed by atoms with Crippen molar-refractivity contribution >= 4 is 5.97 Å². The van der Waals surface area contributed by atoms with Gasteiger partial charge in [-0.1, -0.05) is 74.4 Å². The lowest BCUT2D eigenvalue weighted by Gasteiger charge is -2.22. The molecule has 1 saturated carbocycles. The smallest absolute Gasteiger partial charge is 0.330 e. The van der Waals surface area contributed by atoms with Crippen LogP contribution in [0.25, 0.3) is 22.3 Å². The Hall–Kier alpha value is -3.37. The number of carbonyl (C=O) groups is 1. The van der Waals surface area contributed by atoms with Crippen molar-refractivity contribution in [1.29, 1.82) is 0 Å². The summed E-state index contributed by atoms with van der Waals surface area (Å²) >= 11 is 0.